The zero-order valence-corrected chi connectivity index (χ0v) is 27.9. The molecule has 0 bridgehead atoms. The molecular weight excluding hydrogens is 583 g/mol. The lowest BCUT2D eigenvalue weighted by molar-refractivity contribution is -0.135. The molecule has 1 aliphatic heterocycles. The number of hydrogen-bond donors (Lipinski definition) is 1. The molecule has 2 aromatic rings. The Labute approximate surface area is 268 Å². The van der Waals surface area contributed by atoms with Crippen LogP contribution < -0.4 is 5.32 Å². The summed E-state index contributed by atoms with van der Waals surface area (Å²) in [4.78, 5) is 37.1. The highest BCUT2D eigenvalue weighted by molar-refractivity contribution is 6.42. The van der Waals surface area contributed by atoms with E-state index in [1.807, 2.05) is 12.1 Å². The van der Waals surface area contributed by atoms with Crippen molar-refractivity contribution in [2.75, 3.05) is 26.7 Å². The van der Waals surface area contributed by atoms with Crippen LogP contribution in [0.15, 0.2) is 42.5 Å². The molecule has 1 saturated heterocycles. The van der Waals surface area contributed by atoms with Crippen LogP contribution in [0.1, 0.15) is 111 Å². The molecule has 0 aromatic heterocycles. The van der Waals surface area contributed by atoms with Crippen molar-refractivity contribution >= 4 is 40.9 Å². The standard InChI is InChI=1S/C21H31Cl2NO.C10H10O3.C4H9N/c1-3-5-8-17-9-6-7-10-20(17)24(13-4-2)21(25)15-16-11-12-18(22)19(23)14-16;1-7(11)8-3-5-9(6-4-8)10(12)13-2;1-2-4-5-3-1/h11-12,14,17,20H,3-10,13,15H2,1-2H3;3-6H,1-2H3;5H,1-4H2. The van der Waals surface area contributed by atoms with Gasteiger partial charge in [0.2, 0.25) is 5.91 Å². The molecule has 2 aromatic carbocycles. The fourth-order valence-electron chi connectivity index (χ4n) is 5.63. The summed E-state index contributed by atoms with van der Waals surface area (Å²) in [5.74, 6) is 0.484. The summed E-state index contributed by atoms with van der Waals surface area (Å²) in [6.07, 6.45) is 12.9. The lowest BCUT2D eigenvalue weighted by atomic mass is 9.80. The van der Waals surface area contributed by atoms with Crippen molar-refractivity contribution in [2.45, 2.75) is 97.4 Å². The van der Waals surface area contributed by atoms with Gasteiger partial charge in [-0.15, -0.1) is 0 Å². The minimum Gasteiger partial charge on any atom is -0.465 e. The monoisotopic (exact) mass is 632 g/mol. The Hall–Kier alpha value is -2.41. The first-order valence-corrected chi connectivity index (χ1v) is 16.6. The molecule has 4 rings (SSSR count). The average Bonchev–Trinajstić information content (AvgIpc) is 3.61. The van der Waals surface area contributed by atoms with E-state index in [9.17, 15) is 14.4 Å². The maximum Gasteiger partial charge on any atom is 0.337 e. The van der Waals surface area contributed by atoms with Gasteiger partial charge in [0.25, 0.3) is 0 Å². The molecule has 238 valence electrons. The highest BCUT2D eigenvalue weighted by Gasteiger charge is 2.32. The van der Waals surface area contributed by atoms with Gasteiger partial charge in [-0.25, -0.2) is 4.79 Å². The number of nitrogens with one attached hydrogen (secondary N) is 1. The van der Waals surface area contributed by atoms with Crippen LogP contribution in [0.4, 0.5) is 0 Å². The Morgan fingerprint density at radius 3 is 2.07 bits per heavy atom. The Bertz CT molecular complexity index is 1130. The van der Waals surface area contributed by atoms with E-state index in [1.54, 1.807) is 30.3 Å². The van der Waals surface area contributed by atoms with E-state index in [2.05, 4.69) is 28.8 Å². The number of ketones is 1. The van der Waals surface area contributed by atoms with Crippen LogP contribution >= 0.6 is 23.2 Å². The van der Waals surface area contributed by atoms with Crippen molar-refractivity contribution in [3.05, 3.63) is 69.2 Å². The summed E-state index contributed by atoms with van der Waals surface area (Å²) in [6, 6.07) is 12.3. The second-order valence-electron chi connectivity index (χ2n) is 11.3. The highest BCUT2D eigenvalue weighted by Crippen LogP contribution is 2.33. The molecule has 2 unspecified atom stereocenters. The van der Waals surface area contributed by atoms with Gasteiger partial charge in [-0.1, -0.05) is 80.9 Å². The first-order valence-electron chi connectivity index (χ1n) is 15.8. The molecule has 2 atom stereocenters. The van der Waals surface area contributed by atoms with Crippen LogP contribution in [0.5, 0.6) is 0 Å². The lowest BCUT2D eigenvalue weighted by Gasteiger charge is -2.40. The van der Waals surface area contributed by atoms with Gasteiger partial charge in [-0.05, 0) is 94.3 Å². The predicted octanol–water partition coefficient (Wildman–Crippen LogP) is 8.57. The number of carbonyl (C=O) groups is 3. The number of nitrogens with zero attached hydrogens (tertiary/aromatic N) is 1. The van der Waals surface area contributed by atoms with E-state index < -0.39 is 5.97 Å². The number of rotatable bonds is 10. The quantitative estimate of drug-likeness (QED) is 0.210. The van der Waals surface area contributed by atoms with Crippen LogP contribution in [0.2, 0.25) is 10.0 Å². The topological polar surface area (TPSA) is 75.7 Å². The molecule has 2 aliphatic rings. The number of unbranched alkanes of at least 4 members (excludes halogenated alkanes) is 1. The van der Waals surface area contributed by atoms with E-state index in [0.29, 0.717) is 39.6 Å². The molecule has 0 radical (unpaired) electrons. The van der Waals surface area contributed by atoms with E-state index in [-0.39, 0.29) is 11.7 Å². The minimum absolute atomic E-state index is 0.0172. The fraction of sp³-hybridized carbons (Fsp3) is 0.571. The van der Waals surface area contributed by atoms with E-state index >= 15 is 0 Å². The van der Waals surface area contributed by atoms with Crippen molar-refractivity contribution < 1.29 is 19.1 Å². The lowest BCUT2D eigenvalue weighted by Crippen LogP contribution is -2.47. The summed E-state index contributed by atoms with van der Waals surface area (Å²) >= 11 is 12.1. The van der Waals surface area contributed by atoms with Crippen molar-refractivity contribution in [1.29, 1.82) is 0 Å². The van der Waals surface area contributed by atoms with Gasteiger partial charge >= 0.3 is 5.97 Å². The molecule has 2 fully saturated rings. The SMILES string of the molecule is C1CCNC1.CCCCC1CCCCC1N(CCC)C(=O)Cc1ccc(Cl)c(Cl)c1.COC(=O)c1ccc(C(C)=O)cc1. The molecule has 1 N–H and O–H groups in total. The summed E-state index contributed by atoms with van der Waals surface area (Å²) in [5.41, 5.74) is 1.99. The Morgan fingerprint density at radius 1 is 0.884 bits per heavy atom. The first kappa shape index (κ1) is 36.8. The van der Waals surface area contributed by atoms with E-state index in [0.717, 1.165) is 24.9 Å². The molecule has 1 amide bonds. The van der Waals surface area contributed by atoms with E-state index in [4.69, 9.17) is 23.2 Å². The van der Waals surface area contributed by atoms with Crippen molar-refractivity contribution in [3.8, 4) is 0 Å². The van der Waals surface area contributed by atoms with Crippen molar-refractivity contribution in [3.63, 3.8) is 0 Å². The van der Waals surface area contributed by atoms with E-state index in [1.165, 1.54) is 78.5 Å². The molecule has 1 heterocycles. The highest BCUT2D eigenvalue weighted by atomic mass is 35.5. The van der Waals surface area contributed by atoms with Gasteiger partial charge in [0, 0.05) is 18.2 Å². The van der Waals surface area contributed by atoms with Crippen LogP contribution in [-0.4, -0.2) is 55.3 Å². The summed E-state index contributed by atoms with van der Waals surface area (Å²) in [7, 11) is 1.32. The fourth-order valence-corrected chi connectivity index (χ4v) is 5.95. The zero-order valence-electron chi connectivity index (χ0n) is 26.4. The Kier molecular flexibility index (Phi) is 17.6. The number of carbonyl (C=O) groups excluding carboxylic acids is 3. The minimum atomic E-state index is -0.393. The Morgan fingerprint density at radius 2 is 1.53 bits per heavy atom. The number of benzene rings is 2. The number of Topliss-reactive ketones (excluding diaryl/α,β-unsaturated/α-hetero) is 1. The number of amides is 1. The normalized spacial score (nSPS) is 17.5. The van der Waals surface area contributed by atoms with Gasteiger partial charge < -0.3 is 15.0 Å². The maximum absolute atomic E-state index is 13.1. The first-order chi connectivity index (χ1) is 20.7. The second-order valence-corrected chi connectivity index (χ2v) is 12.2. The average molecular weight is 634 g/mol. The van der Waals surface area contributed by atoms with Gasteiger partial charge in [0.1, 0.15) is 0 Å². The molecule has 6 nitrogen and oxygen atoms in total. The third-order valence-electron chi connectivity index (χ3n) is 7.99. The van der Waals surface area contributed by atoms with Gasteiger partial charge in [0.05, 0.1) is 29.1 Å². The molecular formula is C35H50Cl2N2O4. The number of methoxy groups -OCH3 is 1. The van der Waals surface area contributed by atoms with Crippen LogP contribution in [0.3, 0.4) is 0 Å². The third-order valence-corrected chi connectivity index (χ3v) is 8.73. The van der Waals surface area contributed by atoms with Crippen LogP contribution in [0.25, 0.3) is 0 Å². The van der Waals surface area contributed by atoms with Gasteiger partial charge in [-0.3, -0.25) is 9.59 Å². The number of hydrogen-bond acceptors (Lipinski definition) is 5. The molecule has 1 saturated carbocycles. The third kappa shape index (κ3) is 13.0. The van der Waals surface area contributed by atoms with Crippen molar-refractivity contribution in [2.24, 2.45) is 5.92 Å². The number of ether oxygens (including phenoxy) is 1. The zero-order chi connectivity index (χ0) is 31.6. The predicted molar refractivity (Wildman–Crippen MR) is 177 cm³/mol. The van der Waals surface area contributed by atoms with Gasteiger partial charge in [0.15, 0.2) is 5.78 Å². The maximum atomic E-state index is 13.1. The van der Waals surface area contributed by atoms with Gasteiger partial charge in [-0.2, -0.15) is 0 Å². The molecule has 43 heavy (non-hydrogen) atoms. The molecule has 0 spiro atoms. The number of halogens is 2. The Balaban J connectivity index is 0.000000295. The summed E-state index contributed by atoms with van der Waals surface area (Å²) in [6.45, 7) is 9.24. The van der Waals surface area contributed by atoms with Crippen LogP contribution in [0, 0.1) is 5.92 Å². The summed E-state index contributed by atoms with van der Waals surface area (Å²) in [5, 5.41) is 4.28. The second kappa shape index (κ2) is 20.5. The van der Waals surface area contributed by atoms with Crippen LogP contribution in [-0.2, 0) is 16.0 Å². The molecule has 1 aliphatic carbocycles. The molecule has 8 heteroatoms. The summed E-state index contributed by atoms with van der Waals surface area (Å²) < 4.78 is 4.51. The smallest absolute Gasteiger partial charge is 0.337 e. The number of esters is 1. The van der Waals surface area contributed by atoms with Crippen molar-refractivity contribution in [1.82, 2.24) is 10.2 Å². The largest absolute Gasteiger partial charge is 0.465 e.